The lowest BCUT2D eigenvalue weighted by atomic mass is 9.81. The summed E-state index contributed by atoms with van der Waals surface area (Å²) in [7, 11) is 0. The number of hydrogen-bond acceptors (Lipinski definition) is 6. The van der Waals surface area contributed by atoms with Crippen LogP contribution >= 0.6 is 0 Å². The summed E-state index contributed by atoms with van der Waals surface area (Å²) in [6, 6.07) is -1.19. The molecule has 0 rings (SSSR count). The maximum atomic E-state index is 11.5. The van der Waals surface area contributed by atoms with Crippen molar-refractivity contribution >= 4 is 11.9 Å². The minimum absolute atomic E-state index is 0.0474. The second kappa shape index (κ2) is 9.73. The van der Waals surface area contributed by atoms with Crippen LogP contribution < -0.4 is 11.5 Å². The first-order valence-electron chi connectivity index (χ1n) is 7.58. The molecule has 2 atom stereocenters. The van der Waals surface area contributed by atoms with E-state index >= 15 is 0 Å². The lowest BCUT2D eigenvalue weighted by molar-refractivity contribution is -0.145. The van der Waals surface area contributed by atoms with Gasteiger partial charge in [0.2, 0.25) is 0 Å². The van der Waals surface area contributed by atoms with Gasteiger partial charge in [-0.2, -0.15) is 0 Å². The summed E-state index contributed by atoms with van der Waals surface area (Å²) in [5.41, 5.74) is 11.5. The molecular weight excluding hydrogens is 272 g/mol. The molecule has 0 spiro atoms. The van der Waals surface area contributed by atoms with Gasteiger partial charge in [-0.25, -0.2) is 0 Å². The topological polar surface area (TPSA) is 105 Å². The predicted octanol–water partition coefficient (Wildman–Crippen LogP) is 1.35. The number of carbonyl (C=O) groups excluding carboxylic acids is 2. The van der Waals surface area contributed by atoms with Crippen LogP contribution in [-0.4, -0.2) is 37.2 Å². The molecule has 124 valence electrons. The Labute approximate surface area is 127 Å². The summed E-state index contributed by atoms with van der Waals surface area (Å²) < 4.78 is 9.76. The summed E-state index contributed by atoms with van der Waals surface area (Å²) in [6.07, 6.45) is 2.64. The van der Waals surface area contributed by atoms with Gasteiger partial charge in [0.15, 0.2) is 0 Å². The molecule has 0 saturated carbocycles. The first-order valence-corrected chi connectivity index (χ1v) is 7.58. The van der Waals surface area contributed by atoms with Gasteiger partial charge in [-0.05, 0) is 44.9 Å². The maximum Gasteiger partial charge on any atom is 0.322 e. The van der Waals surface area contributed by atoms with E-state index in [2.05, 4.69) is 13.8 Å². The van der Waals surface area contributed by atoms with Gasteiger partial charge in [0, 0.05) is 0 Å². The second-order valence-corrected chi connectivity index (χ2v) is 5.96. The minimum atomic E-state index is -0.594. The Morgan fingerprint density at radius 2 is 1.24 bits per heavy atom. The fourth-order valence-corrected chi connectivity index (χ4v) is 1.95. The molecule has 6 nitrogen and oxygen atoms in total. The van der Waals surface area contributed by atoms with Crippen molar-refractivity contribution in [1.82, 2.24) is 0 Å². The smallest absolute Gasteiger partial charge is 0.322 e. The van der Waals surface area contributed by atoms with E-state index < -0.39 is 12.1 Å². The van der Waals surface area contributed by atoms with Crippen LogP contribution in [0, 0.1) is 5.41 Å². The van der Waals surface area contributed by atoms with Crippen molar-refractivity contribution in [3.8, 4) is 0 Å². The molecule has 0 unspecified atom stereocenters. The van der Waals surface area contributed by atoms with Crippen LogP contribution in [0.4, 0.5) is 0 Å². The number of esters is 2. The highest BCUT2D eigenvalue weighted by molar-refractivity contribution is 5.75. The van der Waals surface area contributed by atoms with Gasteiger partial charge in [-0.15, -0.1) is 0 Å². The Kier molecular flexibility index (Phi) is 9.21. The molecule has 0 aromatic carbocycles. The number of hydrogen-bond donors (Lipinski definition) is 2. The molecule has 0 aliphatic heterocycles. The molecule has 0 radical (unpaired) electrons. The third kappa shape index (κ3) is 8.67. The zero-order chi connectivity index (χ0) is 16.5. The average Bonchev–Trinajstić information content (AvgIpc) is 2.42. The van der Waals surface area contributed by atoms with Crippen LogP contribution in [0.2, 0.25) is 0 Å². The largest absolute Gasteiger partial charge is 0.465 e. The van der Waals surface area contributed by atoms with E-state index in [1.807, 2.05) is 0 Å². The van der Waals surface area contributed by atoms with Crippen LogP contribution in [-0.2, 0) is 19.1 Å². The number of carbonyl (C=O) groups is 2. The monoisotopic (exact) mass is 302 g/mol. The maximum absolute atomic E-state index is 11.5. The van der Waals surface area contributed by atoms with Gasteiger partial charge in [-0.3, -0.25) is 9.59 Å². The van der Waals surface area contributed by atoms with Crippen molar-refractivity contribution in [2.45, 2.75) is 65.5 Å². The summed E-state index contributed by atoms with van der Waals surface area (Å²) >= 11 is 0. The fourth-order valence-electron chi connectivity index (χ4n) is 1.95. The van der Waals surface area contributed by atoms with Crippen LogP contribution in [0.25, 0.3) is 0 Å². The summed E-state index contributed by atoms with van der Waals surface area (Å²) in [4.78, 5) is 22.9. The summed E-state index contributed by atoms with van der Waals surface area (Å²) in [6.45, 7) is 8.33. The Bertz CT molecular complexity index is 302. The van der Waals surface area contributed by atoms with Crippen molar-refractivity contribution in [2.75, 3.05) is 13.2 Å². The van der Waals surface area contributed by atoms with E-state index in [0.717, 1.165) is 12.8 Å². The fraction of sp³-hybridized carbons (Fsp3) is 0.867. The Morgan fingerprint density at radius 1 is 0.905 bits per heavy atom. The number of nitrogens with two attached hydrogens (primary N) is 2. The third-order valence-corrected chi connectivity index (χ3v) is 3.44. The second-order valence-electron chi connectivity index (χ2n) is 5.96. The minimum Gasteiger partial charge on any atom is -0.465 e. The average molecular weight is 302 g/mol. The van der Waals surface area contributed by atoms with Gasteiger partial charge < -0.3 is 20.9 Å². The summed E-state index contributed by atoms with van der Waals surface area (Å²) in [5.74, 6) is -0.729. The normalized spacial score (nSPS) is 14.4. The number of rotatable bonds is 10. The SMILES string of the molecule is CCOC(=O)[C@H](N)CCC(C)(C)CC[C@@H](N)C(=O)OCC. The van der Waals surface area contributed by atoms with Crippen LogP contribution in [0.1, 0.15) is 53.4 Å². The van der Waals surface area contributed by atoms with E-state index in [1.54, 1.807) is 13.8 Å². The van der Waals surface area contributed by atoms with Gasteiger partial charge in [0.25, 0.3) is 0 Å². The lowest BCUT2D eigenvalue weighted by Crippen LogP contribution is -2.35. The predicted molar refractivity (Wildman–Crippen MR) is 81.5 cm³/mol. The van der Waals surface area contributed by atoms with Crippen molar-refractivity contribution < 1.29 is 19.1 Å². The zero-order valence-electron chi connectivity index (χ0n) is 13.7. The van der Waals surface area contributed by atoms with Crippen molar-refractivity contribution in [3.05, 3.63) is 0 Å². The van der Waals surface area contributed by atoms with Gasteiger partial charge in [-0.1, -0.05) is 13.8 Å². The molecule has 0 aromatic rings. The van der Waals surface area contributed by atoms with Crippen LogP contribution in [0.15, 0.2) is 0 Å². The highest BCUT2D eigenvalue weighted by Crippen LogP contribution is 2.29. The summed E-state index contributed by atoms with van der Waals surface area (Å²) in [5, 5.41) is 0. The molecule has 0 saturated heterocycles. The van der Waals surface area contributed by atoms with E-state index in [4.69, 9.17) is 20.9 Å². The Balaban J connectivity index is 4.13. The molecular formula is C15H30N2O4. The molecule has 0 heterocycles. The van der Waals surface area contributed by atoms with Crippen molar-refractivity contribution in [2.24, 2.45) is 16.9 Å². The van der Waals surface area contributed by atoms with E-state index in [-0.39, 0.29) is 17.4 Å². The molecule has 0 aliphatic carbocycles. The molecule has 0 aromatic heterocycles. The van der Waals surface area contributed by atoms with E-state index in [1.165, 1.54) is 0 Å². The Morgan fingerprint density at radius 3 is 1.52 bits per heavy atom. The molecule has 4 N–H and O–H groups in total. The molecule has 0 bridgehead atoms. The molecule has 21 heavy (non-hydrogen) atoms. The molecule has 6 heteroatoms. The number of ether oxygens (including phenoxy) is 2. The van der Waals surface area contributed by atoms with E-state index in [9.17, 15) is 9.59 Å². The zero-order valence-corrected chi connectivity index (χ0v) is 13.7. The van der Waals surface area contributed by atoms with Crippen LogP contribution in [0.3, 0.4) is 0 Å². The molecule has 0 amide bonds. The van der Waals surface area contributed by atoms with Gasteiger partial charge >= 0.3 is 11.9 Å². The highest BCUT2D eigenvalue weighted by atomic mass is 16.5. The first kappa shape index (κ1) is 19.9. The van der Waals surface area contributed by atoms with Crippen LogP contribution in [0.5, 0.6) is 0 Å². The highest BCUT2D eigenvalue weighted by Gasteiger charge is 2.24. The molecule has 0 aliphatic rings. The quantitative estimate of drug-likeness (QED) is 0.590. The Hall–Kier alpha value is -1.14. The van der Waals surface area contributed by atoms with Gasteiger partial charge in [0.1, 0.15) is 12.1 Å². The third-order valence-electron chi connectivity index (χ3n) is 3.44. The standard InChI is InChI=1S/C15H30N2O4/c1-5-20-13(18)11(16)7-9-15(3,4)10-8-12(17)14(19)21-6-2/h11-12H,5-10,16-17H2,1-4H3/t11-,12-/m1/s1. The van der Waals surface area contributed by atoms with Crippen molar-refractivity contribution in [1.29, 1.82) is 0 Å². The lowest BCUT2D eigenvalue weighted by Gasteiger charge is -2.26. The van der Waals surface area contributed by atoms with E-state index in [0.29, 0.717) is 26.1 Å². The van der Waals surface area contributed by atoms with Crippen molar-refractivity contribution in [3.63, 3.8) is 0 Å². The van der Waals surface area contributed by atoms with Gasteiger partial charge in [0.05, 0.1) is 13.2 Å². The molecule has 0 fully saturated rings. The first-order chi connectivity index (χ1) is 9.73.